The van der Waals surface area contributed by atoms with Crippen LogP contribution < -0.4 is 5.32 Å². The highest BCUT2D eigenvalue weighted by molar-refractivity contribution is 7.12. The summed E-state index contributed by atoms with van der Waals surface area (Å²) >= 11 is 1.41. The van der Waals surface area contributed by atoms with Gasteiger partial charge in [-0.2, -0.15) is 5.10 Å². The van der Waals surface area contributed by atoms with Gasteiger partial charge in [0.15, 0.2) is 5.82 Å². The molecule has 0 radical (unpaired) electrons. The summed E-state index contributed by atoms with van der Waals surface area (Å²) < 4.78 is 1.60. The number of hydrogen-bond donors (Lipinski definition) is 1. The molecule has 0 unspecified atom stereocenters. The third kappa shape index (κ3) is 2.57. The van der Waals surface area contributed by atoms with Crippen molar-refractivity contribution in [2.45, 2.75) is 6.92 Å². The van der Waals surface area contributed by atoms with E-state index in [0.717, 1.165) is 5.56 Å². The van der Waals surface area contributed by atoms with Crippen LogP contribution in [0.4, 0.5) is 5.82 Å². The minimum absolute atomic E-state index is 0.173. The molecule has 0 aliphatic rings. The summed E-state index contributed by atoms with van der Waals surface area (Å²) in [6.07, 6.45) is 4.83. The molecule has 6 nitrogen and oxygen atoms in total. The monoisotopic (exact) mass is 285 g/mol. The molecule has 100 valence electrons. The van der Waals surface area contributed by atoms with Crippen molar-refractivity contribution in [2.75, 3.05) is 5.32 Å². The van der Waals surface area contributed by atoms with Gasteiger partial charge in [-0.25, -0.2) is 14.6 Å². The maximum Gasteiger partial charge on any atom is 0.266 e. The molecule has 0 saturated carbocycles. The Morgan fingerprint density at radius 1 is 1.35 bits per heavy atom. The van der Waals surface area contributed by atoms with Crippen molar-refractivity contribution in [1.82, 2.24) is 19.7 Å². The molecule has 20 heavy (non-hydrogen) atoms. The van der Waals surface area contributed by atoms with Gasteiger partial charge < -0.3 is 5.32 Å². The van der Waals surface area contributed by atoms with Gasteiger partial charge in [0.25, 0.3) is 5.91 Å². The summed E-state index contributed by atoms with van der Waals surface area (Å²) in [5.74, 6) is 0.873. The Kier molecular flexibility index (Phi) is 3.26. The number of nitrogens with zero attached hydrogens (tertiary/aromatic N) is 4. The van der Waals surface area contributed by atoms with Gasteiger partial charge in [0.2, 0.25) is 0 Å². The predicted octanol–water partition coefficient (Wildman–Crippen LogP) is 2.28. The number of nitrogens with one attached hydrogen (secondary N) is 1. The van der Waals surface area contributed by atoms with E-state index in [1.165, 1.54) is 17.7 Å². The fourth-order valence-corrected chi connectivity index (χ4v) is 2.47. The number of rotatable bonds is 3. The smallest absolute Gasteiger partial charge is 0.266 e. The van der Waals surface area contributed by atoms with Gasteiger partial charge in [-0.15, -0.1) is 11.3 Å². The topological polar surface area (TPSA) is 72.7 Å². The van der Waals surface area contributed by atoms with Gasteiger partial charge in [-0.3, -0.25) is 4.79 Å². The quantitative estimate of drug-likeness (QED) is 0.801. The first-order chi connectivity index (χ1) is 9.72. The fourth-order valence-electron chi connectivity index (χ4n) is 1.67. The molecule has 3 aromatic rings. The molecule has 0 fully saturated rings. The van der Waals surface area contributed by atoms with E-state index < -0.39 is 0 Å². The van der Waals surface area contributed by atoms with E-state index in [2.05, 4.69) is 20.4 Å². The van der Waals surface area contributed by atoms with Crippen LogP contribution in [-0.2, 0) is 0 Å². The lowest BCUT2D eigenvalue weighted by molar-refractivity contribution is 0.103. The molecular weight excluding hydrogens is 274 g/mol. The number of anilines is 1. The zero-order valence-electron chi connectivity index (χ0n) is 10.6. The zero-order chi connectivity index (χ0) is 13.9. The Labute approximate surface area is 119 Å². The van der Waals surface area contributed by atoms with E-state index >= 15 is 0 Å². The van der Waals surface area contributed by atoms with E-state index in [9.17, 15) is 4.79 Å². The summed E-state index contributed by atoms with van der Waals surface area (Å²) in [7, 11) is 0. The third-order valence-corrected chi connectivity index (χ3v) is 3.63. The van der Waals surface area contributed by atoms with Gasteiger partial charge in [0.05, 0.1) is 4.88 Å². The summed E-state index contributed by atoms with van der Waals surface area (Å²) in [4.78, 5) is 20.8. The van der Waals surface area contributed by atoms with Crippen LogP contribution in [0, 0.1) is 6.92 Å². The van der Waals surface area contributed by atoms with Crippen molar-refractivity contribution in [1.29, 1.82) is 0 Å². The Balaban J connectivity index is 1.81. The molecule has 3 aromatic heterocycles. The van der Waals surface area contributed by atoms with Crippen molar-refractivity contribution in [2.24, 2.45) is 0 Å². The molecule has 0 spiro atoms. The van der Waals surface area contributed by atoms with Crippen LogP contribution >= 0.6 is 11.3 Å². The Morgan fingerprint density at radius 2 is 2.25 bits per heavy atom. The molecule has 3 heterocycles. The van der Waals surface area contributed by atoms with Crippen LogP contribution in [0.1, 0.15) is 15.2 Å². The van der Waals surface area contributed by atoms with Gasteiger partial charge in [-0.1, -0.05) is 0 Å². The Bertz CT molecular complexity index is 735. The second-order valence-electron chi connectivity index (χ2n) is 4.15. The highest BCUT2D eigenvalue weighted by atomic mass is 32.1. The maximum atomic E-state index is 12.0. The van der Waals surface area contributed by atoms with Crippen LogP contribution in [0.3, 0.4) is 0 Å². The van der Waals surface area contributed by atoms with Gasteiger partial charge in [0.1, 0.15) is 12.1 Å². The lowest BCUT2D eigenvalue weighted by atomic mass is 10.3. The largest absolute Gasteiger partial charge is 0.306 e. The zero-order valence-corrected chi connectivity index (χ0v) is 11.5. The van der Waals surface area contributed by atoms with Crippen molar-refractivity contribution in [3.8, 4) is 5.82 Å². The van der Waals surface area contributed by atoms with Crippen LogP contribution in [0.2, 0.25) is 0 Å². The van der Waals surface area contributed by atoms with Crippen molar-refractivity contribution >= 4 is 23.1 Å². The molecule has 0 saturated heterocycles. The van der Waals surface area contributed by atoms with E-state index in [0.29, 0.717) is 16.5 Å². The minimum Gasteiger partial charge on any atom is -0.306 e. The summed E-state index contributed by atoms with van der Waals surface area (Å²) in [6, 6.07) is 5.32. The average molecular weight is 285 g/mol. The number of carbonyl (C=O) groups excluding carboxylic acids is 1. The average Bonchev–Trinajstić information content (AvgIpc) is 3.10. The predicted molar refractivity (Wildman–Crippen MR) is 76.2 cm³/mol. The molecule has 1 N–H and O–H groups in total. The number of hydrogen-bond acceptors (Lipinski definition) is 5. The molecule has 0 atom stereocenters. The molecule has 0 aliphatic heterocycles. The maximum absolute atomic E-state index is 12.0. The lowest BCUT2D eigenvalue weighted by Crippen LogP contribution is -2.12. The van der Waals surface area contributed by atoms with Crippen LogP contribution in [0.15, 0.2) is 42.3 Å². The summed E-state index contributed by atoms with van der Waals surface area (Å²) in [5, 5.41) is 8.77. The first kappa shape index (κ1) is 12.5. The Hall–Kier alpha value is -2.54. The molecule has 3 rings (SSSR count). The highest BCUT2D eigenvalue weighted by Crippen LogP contribution is 2.16. The second-order valence-corrected chi connectivity index (χ2v) is 5.07. The number of thiophene rings is 1. The van der Waals surface area contributed by atoms with Crippen molar-refractivity contribution in [3.05, 3.63) is 52.7 Å². The molecule has 0 aromatic carbocycles. The van der Waals surface area contributed by atoms with Crippen molar-refractivity contribution in [3.63, 3.8) is 0 Å². The van der Waals surface area contributed by atoms with Gasteiger partial charge in [0, 0.05) is 18.5 Å². The molecule has 0 aliphatic carbocycles. The van der Waals surface area contributed by atoms with E-state index in [4.69, 9.17) is 0 Å². The molecular formula is C13H11N5OS. The summed E-state index contributed by atoms with van der Waals surface area (Å²) in [5.41, 5.74) is 1.07. The number of carbonyl (C=O) groups is 1. The fraction of sp³-hybridized carbons (Fsp3) is 0.0769. The number of amides is 1. The van der Waals surface area contributed by atoms with E-state index in [-0.39, 0.29) is 5.91 Å². The van der Waals surface area contributed by atoms with Crippen LogP contribution in [0.25, 0.3) is 5.82 Å². The Morgan fingerprint density at radius 3 is 2.95 bits per heavy atom. The molecule has 0 bridgehead atoms. The highest BCUT2D eigenvalue weighted by Gasteiger charge is 2.10. The van der Waals surface area contributed by atoms with E-state index in [1.54, 1.807) is 29.2 Å². The van der Waals surface area contributed by atoms with Gasteiger partial charge >= 0.3 is 0 Å². The summed E-state index contributed by atoms with van der Waals surface area (Å²) in [6.45, 7) is 1.95. The lowest BCUT2D eigenvalue weighted by Gasteiger charge is -2.04. The van der Waals surface area contributed by atoms with Crippen LogP contribution in [-0.4, -0.2) is 25.7 Å². The van der Waals surface area contributed by atoms with Crippen LogP contribution in [0.5, 0.6) is 0 Å². The molecule has 1 amide bonds. The van der Waals surface area contributed by atoms with E-state index in [1.807, 2.05) is 18.4 Å². The number of aromatic nitrogens is 4. The second kappa shape index (κ2) is 5.22. The minimum atomic E-state index is -0.173. The molecule has 7 heteroatoms. The standard InChI is InChI=1S/C13H11N5OS/c1-9-5-10(20-7-9)13(19)17-11-6-12(15-8-14-11)18-4-2-3-16-18/h2-8H,1H3,(H,14,15,17,19). The normalized spacial score (nSPS) is 10.4. The number of aryl methyl sites for hydroxylation is 1. The van der Waals surface area contributed by atoms with Gasteiger partial charge in [-0.05, 0) is 30.0 Å². The first-order valence-corrected chi connectivity index (χ1v) is 6.79. The SMILES string of the molecule is Cc1csc(C(=O)Nc2cc(-n3cccn3)ncn2)c1. The van der Waals surface area contributed by atoms with Crippen molar-refractivity contribution < 1.29 is 4.79 Å². The third-order valence-electron chi connectivity index (χ3n) is 2.59. The first-order valence-electron chi connectivity index (χ1n) is 5.91.